The Labute approximate surface area is 89.2 Å². The van der Waals surface area contributed by atoms with Crippen LogP contribution >= 0.6 is 22.9 Å². The number of nitrogens with zero attached hydrogens (tertiary/aromatic N) is 1. The predicted molar refractivity (Wildman–Crippen MR) is 55.8 cm³/mol. The molecule has 0 aliphatic rings. The van der Waals surface area contributed by atoms with Crippen molar-refractivity contribution in [3.8, 4) is 16.4 Å². The van der Waals surface area contributed by atoms with E-state index in [0.29, 0.717) is 10.8 Å². The summed E-state index contributed by atoms with van der Waals surface area (Å²) in [6.07, 6.45) is 0. The Hall–Kier alpha value is -1.20. The van der Waals surface area contributed by atoms with Gasteiger partial charge in [0.05, 0.1) is 12.0 Å². The van der Waals surface area contributed by atoms with Crippen LogP contribution in [0.5, 0.6) is 5.75 Å². The standard InChI is InChI=1S/C8H7ClN2O2S/c1-12-4-2-5(14-3-4)7-6(9)8(10)11-13-7/h2-3H,1H3,(H2,10,11). The average Bonchev–Trinajstić information content (AvgIpc) is 2.75. The van der Waals surface area contributed by atoms with Gasteiger partial charge in [0, 0.05) is 11.4 Å². The van der Waals surface area contributed by atoms with Crippen molar-refractivity contribution in [1.82, 2.24) is 5.16 Å². The van der Waals surface area contributed by atoms with Crippen molar-refractivity contribution < 1.29 is 9.26 Å². The summed E-state index contributed by atoms with van der Waals surface area (Å²) in [5.41, 5.74) is 5.45. The smallest absolute Gasteiger partial charge is 0.197 e. The minimum atomic E-state index is 0.203. The van der Waals surface area contributed by atoms with Crippen molar-refractivity contribution in [1.29, 1.82) is 0 Å². The molecule has 2 rings (SSSR count). The Morgan fingerprint density at radius 2 is 2.43 bits per heavy atom. The summed E-state index contributed by atoms with van der Waals surface area (Å²) in [6, 6.07) is 1.82. The molecular formula is C8H7ClN2O2S. The zero-order valence-corrected chi connectivity index (χ0v) is 8.85. The number of anilines is 1. The number of rotatable bonds is 2. The zero-order chi connectivity index (χ0) is 10.1. The van der Waals surface area contributed by atoms with E-state index in [1.165, 1.54) is 11.3 Å². The highest BCUT2D eigenvalue weighted by Crippen LogP contribution is 2.37. The van der Waals surface area contributed by atoms with Crippen molar-refractivity contribution >= 4 is 28.8 Å². The summed E-state index contributed by atoms with van der Waals surface area (Å²) in [4.78, 5) is 0.844. The van der Waals surface area contributed by atoms with Gasteiger partial charge in [-0.15, -0.1) is 11.3 Å². The third kappa shape index (κ3) is 1.44. The van der Waals surface area contributed by atoms with E-state index in [1.807, 2.05) is 11.4 Å². The third-order valence-corrected chi connectivity index (χ3v) is 2.97. The molecule has 2 N–H and O–H groups in total. The largest absolute Gasteiger partial charge is 0.496 e. The predicted octanol–water partition coefficient (Wildman–Crippen LogP) is 2.65. The second-order valence-corrected chi connectivity index (χ2v) is 3.85. The molecule has 0 atom stereocenters. The number of halogens is 1. The molecule has 14 heavy (non-hydrogen) atoms. The summed E-state index contributed by atoms with van der Waals surface area (Å²) in [5.74, 6) is 1.45. The van der Waals surface area contributed by atoms with Gasteiger partial charge >= 0.3 is 0 Å². The number of methoxy groups -OCH3 is 1. The lowest BCUT2D eigenvalue weighted by molar-refractivity contribution is 0.416. The van der Waals surface area contributed by atoms with Crippen LogP contribution in [0.25, 0.3) is 10.6 Å². The number of ether oxygens (including phenoxy) is 1. The molecule has 2 heterocycles. The average molecular weight is 231 g/mol. The van der Waals surface area contributed by atoms with Gasteiger partial charge in [-0.3, -0.25) is 0 Å². The number of nitrogens with two attached hydrogens (primary N) is 1. The van der Waals surface area contributed by atoms with Gasteiger partial charge in [0.25, 0.3) is 0 Å². The second kappa shape index (κ2) is 3.51. The van der Waals surface area contributed by atoms with E-state index in [2.05, 4.69) is 5.16 Å². The highest BCUT2D eigenvalue weighted by molar-refractivity contribution is 7.13. The fourth-order valence-corrected chi connectivity index (χ4v) is 2.05. The van der Waals surface area contributed by atoms with Crippen molar-refractivity contribution in [3.63, 3.8) is 0 Å². The minimum Gasteiger partial charge on any atom is -0.496 e. The van der Waals surface area contributed by atoms with Crippen molar-refractivity contribution in [2.24, 2.45) is 0 Å². The number of nitrogen functional groups attached to an aromatic ring is 1. The molecule has 0 radical (unpaired) electrons. The van der Waals surface area contributed by atoms with Crippen LogP contribution in [-0.4, -0.2) is 12.3 Å². The van der Waals surface area contributed by atoms with Gasteiger partial charge < -0.3 is 15.0 Å². The van der Waals surface area contributed by atoms with E-state index in [9.17, 15) is 0 Å². The van der Waals surface area contributed by atoms with Crippen LogP contribution < -0.4 is 10.5 Å². The van der Waals surface area contributed by atoms with E-state index in [1.54, 1.807) is 7.11 Å². The summed E-state index contributed by atoms with van der Waals surface area (Å²) < 4.78 is 10.0. The molecule has 2 aromatic rings. The lowest BCUT2D eigenvalue weighted by Crippen LogP contribution is -1.82. The third-order valence-electron chi connectivity index (χ3n) is 1.69. The molecule has 0 bridgehead atoms. The molecule has 2 aromatic heterocycles. The highest BCUT2D eigenvalue weighted by Gasteiger charge is 2.15. The molecule has 0 aliphatic carbocycles. The topological polar surface area (TPSA) is 61.3 Å². The molecule has 74 valence electrons. The van der Waals surface area contributed by atoms with E-state index < -0.39 is 0 Å². The van der Waals surface area contributed by atoms with E-state index >= 15 is 0 Å². The lowest BCUT2D eigenvalue weighted by atomic mass is 10.3. The van der Waals surface area contributed by atoms with Gasteiger partial charge in [-0.1, -0.05) is 16.8 Å². The second-order valence-electron chi connectivity index (χ2n) is 2.56. The van der Waals surface area contributed by atoms with Crippen LogP contribution in [-0.2, 0) is 0 Å². The number of aromatic nitrogens is 1. The van der Waals surface area contributed by atoms with Crippen molar-refractivity contribution in [2.45, 2.75) is 0 Å². The molecular weight excluding hydrogens is 224 g/mol. The molecule has 0 amide bonds. The number of thiophene rings is 1. The highest BCUT2D eigenvalue weighted by atomic mass is 35.5. The number of hydrogen-bond acceptors (Lipinski definition) is 5. The normalized spacial score (nSPS) is 10.4. The summed E-state index contributed by atoms with van der Waals surface area (Å²) >= 11 is 7.34. The van der Waals surface area contributed by atoms with Gasteiger partial charge in [0.2, 0.25) is 0 Å². The Kier molecular flexibility index (Phi) is 2.35. The van der Waals surface area contributed by atoms with Gasteiger partial charge in [0.1, 0.15) is 10.8 Å². The maximum atomic E-state index is 5.88. The van der Waals surface area contributed by atoms with Gasteiger partial charge in [-0.2, -0.15) is 0 Å². The first-order valence-electron chi connectivity index (χ1n) is 3.76. The molecule has 0 saturated heterocycles. The molecule has 0 spiro atoms. The van der Waals surface area contributed by atoms with Crippen LogP contribution in [0.1, 0.15) is 0 Å². The maximum absolute atomic E-state index is 5.88. The quantitative estimate of drug-likeness (QED) is 0.862. The van der Waals surface area contributed by atoms with Crippen LogP contribution in [0.3, 0.4) is 0 Å². The molecule has 0 unspecified atom stereocenters. The fourth-order valence-electron chi connectivity index (χ4n) is 0.989. The van der Waals surface area contributed by atoms with Crippen LogP contribution in [0, 0.1) is 0 Å². The SMILES string of the molecule is COc1csc(-c2onc(N)c2Cl)c1. The Morgan fingerprint density at radius 1 is 1.64 bits per heavy atom. The van der Waals surface area contributed by atoms with Crippen LogP contribution in [0.4, 0.5) is 5.82 Å². The molecule has 0 saturated carbocycles. The first-order valence-corrected chi connectivity index (χ1v) is 5.01. The Morgan fingerprint density at radius 3 is 2.93 bits per heavy atom. The first-order chi connectivity index (χ1) is 6.72. The first kappa shape index (κ1) is 9.36. The fraction of sp³-hybridized carbons (Fsp3) is 0.125. The summed E-state index contributed by atoms with van der Waals surface area (Å²) in [7, 11) is 1.60. The summed E-state index contributed by atoms with van der Waals surface area (Å²) in [6.45, 7) is 0. The van der Waals surface area contributed by atoms with E-state index in [4.69, 9.17) is 26.6 Å². The monoisotopic (exact) mass is 230 g/mol. The Balaban J connectivity index is 2.44. The molecule has 0 fully saturated rings. The molecule has 6 heteroatoms. The van der Waals surface area contributed by atoms with Gasteiger partial charge in [0.15, 0.2) is 11.6 Å². The molecule has 0 aliphatic heterocycles. The van der Waals surface area contributed by atoms with E-state index in [0.717, 1.165) is 10.6 Å². The zero-order valence-electron chi connectivity index (χ0n) is 7.28. The molecule has 4 nitrogen and oxygen atoms in total. The van der Waals surface area contributed by atoms with Gasteiger partial charge in [-0.05, 0) is 0 Å². The summed E-state index contributed by atoms with van der Waals surface area (Å²) in [5, 5.41) is 5.76. The lowest BCUT2D eigenvalue weighted by Gasteiger charge is -1.90. The van der Waals surface area contributed by atoms with Crippen LogP contribution in [0.2, 0.25) is 5.02 Å². The van der Waals surface area contributed by atoms with Crippen molar-refractivity contribution in [3.05, 3.63) is 16.5 Å². The van der Waals surface area contributed by atoms with Crippen LogP contribution in [0.15, 0.2) is 16.0 Å². The maximum Gasteiger partial charge on any atom is 0.197 e. The minimum absolute atomic E-state index is 0.203. The number of hydrogen-bond donors (Lipinski definition) is 1. The van der Waals surface area contributed by atoms with Crippen molar-refractivity contribution in [2.75, 3.05) is 12.8 Å². The van der Waals surface area contributed by atoms with E-state index in [-0.39, 0.29) is 5.82 Å². The Bertz CT molecular complexity index is 452. The van der Waals surface area contributed by atoms with Gasteiger partial charge in [-0.25, -0.2) is 0 Å². The molecule has 0 aromatic carbocycles.